The fraction of sp³-hybridized carbons (Fsp3) is 0.700. The fourth-order valence-corrected chi connectivity index (χ4v) is 3.25. The third-order valence-electron chi connectivity index (χ3n) is 4.82. The van der Waals surface area contributed by atoms with E-state index in [4.69, 9.17) is 20.9 Å². The molecule has 12 nitrogen and oxygen atoms in total. The zero-order chi connectivity index (χ0) is 24.3. The van der Waals surface area contributed by atoms with Gasteiger partial charge in [-0.25, -0.2) is 9.79 Å². The highest BCUT2D eigenvalue weighted by Crippen LogP contribution is 2.25. The van der Waals surface area contributed by atoms with E-state index in [1.54, 1.807) is 0 Å². The monoisotopic (exact) mass is 458 g/mol. The van der Waals surface area contributed by atoms with Gasteiger partial charge in [0, 0.05) is 13.3 Å². The minimum Gasteiger partial charge on any atom is -0.478 e. The number of aliphatic carboxylic acids is 1. The number of nitrogens with one attached hydrogen (secondary N) is 1. The van der Waals surface area contributed by atoms with Crippen LogP contribution in [0.4, 0.5) is 0 Å². The van der Waals surface area contributed by atoms with E-state index in [0.717, 1.165) is 31.8 Å². The number of carbonyl (C=O) groups excluding carboxylic acids is 2. The highest BCUT2D eigenvalue weighted by molar-refractivity contribution is 5.85. The van der Waals surface area contributed by atoms with E-state index < -0.39 is 60.6 Å². The van der Waals surface area contributed by atoms with Gasteiger partial charge in [0.05, 0.1) is 12.1 Å². The van der Waals surface area contributed by atoms with Crippen molar-refractivity contribution < 1.29 is 39.2 Å². The molecule has 0 saturated heterocycles. The minimum atomic E-state index is -1.73. The van der Waals surface area contributed by atoms with Crippen LogP contribution >= 0.6 is 0 Å². The summed E-state index contributed by atoms with van der Waals surface area (Å²) in [6.07, 6.45) is 1.20. The molecule has 1 aliphatic rings. The number of ether oxygens (including phenoxy) is 2. The molecule has 1 amide bonds. The van der Waals surface area contributed by atoms with Crippen LogP contribution in [0.25, 0.3) is 0 Å². The molecule has 1 rings (SSSR count). The number of hydrogen-bond donors (Lipinski definition) is 6. The third-order valence-corrected chi connectivity index (χ3v) is 4.82. The van der Waals surface area contributed by atoms with Crippen LogP contribution in [-0.4, -0.2) is 76.1 Å². The summed E-state index contributed by atoms with van der Waals surface area (Å²) in [4.78, 5) is 38.8. The number of nitrogens with zero attached hydrogens (tertiary/aromatic N) is 1. The Kier molecular flexibility index (Phi) is 11.5. The molecule has 8 N–H and O–H groups in total. The fourth-order valence-electron chi connectivity index (χ4n) is 3.25. The molecule has 0 aliphatic carbocycles. The molecule has 1 aliphatic heterocycles. The number of guanidine groups is 1. The van der Waals surface area contributed by atoms with Gasteiger partial charge in [-0.3, -0.25) is 9.59 Å². The molecule has 0 spiro atoms. The second-order valence-electron chi connectivity index (χ2n) is 7.59. The van der Waals surface area contributed by atoms with Gasteiger partial charge in [0.2, 0.25) is 11.7 Å². The van der Waals surface area contributed by atoms with Crippen molar-refractivity contribution in [2.24, 2.45) is 16.5 Å². The number of nitrogens with two attached hydrogens (primary N) is 2. The maximum absolute atomic E-state index is 11.9. The Morgan fingerprint density at radius 3 is 2.44 bits per heavy atom. The second kappa shape index (κ2) is 13.5. The Balaban J connectivity index is 2.85. The van der Waals surface area contributed by atoms with Gasteiger partial charge in [-0.1, -0.05) is 32.6 Å². The van der Waals surface area contributed by atoms with E-state index in [2.05, 4.69) is 17.2 Å². The molecule has 182 valence electrons. The van der Waals surface area contributed by atoms with Crippen molar-refractivity contribution in [1.29, 1.82) is 0 Å². The number of carboxylic acids is 1. The molecule has 0 saturated carbocycles. The highest BCUT2D eigenvalue weighted by Gasteiger charge is 2.44. The van der Waals surface area contributed by atoms with Crippen molar-refractivity contribution in [1.82, 2.24) is 5.32 Å². The number of amides is 1. The first kappa shape index (κ1) is 27.2. The maximum Gasteiger partial charge on any atom is 0.370 e. The van der Waals surface area contributed by atoms with E-state index in [1.165, 1.54) is 6.92 Å². The van der Waals surface area contributed by atoms with E-state index in [9.17, 15) is 29.7 Å². The lowest BCUT2D eigenvalue weighted by Gasteiger charge is -2.38. The number of hydrogen-bond acceptors (Lipinski definition) is 8. The average Bonchev–Trinajstić information content (AvgIpc) is 2.71. The minimum absolute atomic E-state index is 0.180. The summed E-state index contributed by atoms with van der Waals surface area (Å²) in [6.45, 7) is 2.74. The van der Waals surface area contributed by atoms with Crippen molar-refractivity contribution in [3.05, 3.63) is 11.8 Å². The van der Waals surface area contributed by atoms with Gasteiger partial charge in [-0.05, 0) is 12.5 Å². The predicted octanol–water partition coefficient (Wildman–Crippen LogP) is -0.874. The summed E-state index contributed by atoms with van der Waals surface area (Å²) >= 11 is 0. The number of rotatable bonds is 13. The predicted molar refractivity (Wildman–Crippen MR) is 114 cm³/mol. The van der Waals surface area contributed by atoms with Gasteiger partial charge in [0.1, 0.15) is 24.9 Å². The Morgan fingerprint density at radius 2 is 1.88 bits per heavy atom. The Bertz CT molecular complexity index is 708. The van der Waals surface area contributed by atoms with Crippen molar-refractivity contribution >= 4 is 23.8 Å². The molecule has 0 radical (unpaired) electrons. The number of carboxylic acid groups (broad SMARTS) is 1. The topological polar surface area (TPSA) is 207 Å². The molecular formula is C20H34N4O8. The average molecular weight is 459 g/mol. The number of carbonyl (C=O) groups is 3. The first-order valence-electron chi connectivity index (χ1n) is 10.6. The molecule has 0 fully saturated rings. The molecule has 5 atom stereocenters. The lowest BCUT2D eigenvalue weighted by Crippen LogP contribution is -2.60. The van der Waals surface area contributed by atoms with Crippen LogP contribution in [0.3, 0.4) is 0 Å². The lowest BCUT2D eigenvalue weighted by molar-refractivity contribution is -0.156. The Morgan fingerprint density at radius 1 is 1.22 bits per heavy atom. The molecule has 32 heavy (non-hydrogen) atoms. The highest BCUT2D eigenvalue weighted by atomic mass is 16.6. The van der Waals surface area contributed by atoms with Crippen LogP contribution in [0.15, 0.2) is 16.8 Å². The first-order valence-corrected chi connectivity index (χ1v) is 10.6. The van der Waals surface area contributed by atoms with Crippen molar-refractivity contribution in [2.45, 2.75) is 82.8 Å². The lowest BCUT2D eigenvalue weighted by atomic mass is 9.92. The summed E-state index contributed by atoms with van der Waals surface area (Å²) in [5.74, 6) is -3.46. The van der Waals surface area contributed by atoms with Crippen molar-refractivity contribution in [2.75, 3.05) is 6.61 Å². The molecular weight excluding hydrogens is 424 g/mol. The number of esters is 1. The quantitative estimate of drug-likeness (QED) is 0.0869. The largest absolute Gasteiger partial charge is 0.478 e. The van der Waals surface area contributed by atoms with Crippen LogP contribution < -0.4 is 16.8 Å². The third kappa shape index (κ3) is 9.10. The van der Waals surface area contributed by atoms with Crippen LogP contribution in [0.1, 0.15) is 52.4 Å². The number of aliphatic hydroxyl groups is 2. The van der Waals surface area contributed by atoms with Gasteiger partial charge in [0.25, 0.3) is 0 Å². The second-order valence-corrected chi connectivity index (χ2v) is 7.59. The Labute approximate surface area is 186 Å². The SMILES string of the molecule is CCCCCCCC(=O)OCC(O)C(O)[C@@H]1OC(C(=O)O)=CC(N=C(N)N)C1NC(C)=O. The molecule has 1 heterocycles. The maximum atomic E-state index is 11.9. The molecule has 0 aromatic rings. The summed E-state index contributed by atoms with van der Waals surface area (Å²) in [5, 5.41) is 32.7. The van der Waals surface area contributed by atoms with Crippen LogP contribution in [0, 0.1) is 0 Å². The van der Waals surface area contributed by atoms with Gasteiger partial charge in [-0.15, -0.1) is 0 Å². The van der Waals surface area contributed by atoms with E-state index in [1.807, 2.05) is 0 Å². The summed E-state index contributed by atoms with van der Waals surface area (Å²) < 4.78 is 10.3. The molecule has 12 heteroatoms. The number of aliphatic imine (C=N–C) groups is 1. The molecule has 0 aromatic heterocycles. The zero-order valence-electron chi connectivity index (χ0n) is 18.4. The van der Waals surface area contributed by atoms with Gasteiger partial charge >= 0.3 is 11.9 Å². The van der Waals surface area contributed by atoms with E-state index in [0.29, 0.717) is 6.42 Å². The van der Waals surface area contributed by atoms with E-state index in [-0.39, 0.29) is 12.4 Å². The molecule has 4 unspecified atom stereocenters. The normalized spacial score (nSPS) is 22.0. The smallest absolute Gasteiger partial charge is 0.370 e. The van der Waals surface area contributed by atoms with Crippen LogP contribution in [-0.2, 0) is 23.9 Å². The summed E-state index contributed by atoms with van der Waals surface area (Å²) in [7, 11) is 0. The molecule has 0 bridgehead atoms. The van der Waals surface area contributed by atoms with Gasteiger partial charge in [-0.2, -0.15) is 0 Å². The molecule has 0 aromatic carbocycles. The summed E-state index contributed by atoms with van der Waals surface area (Å²) in [6, 6.07) is -2.18. The summed E-state index contributed by atoms with van der Waals surface area (Å²) in [5.41, 5.74) is 10.8. The van der Waals surface area contributed by atoms with E-state index >= 15 is 0 Å². The van der Waals surface area contributed by atoms with Crippen LogP contribution in [0.2, 0.25) is 0 Å². The van der Waals surface area contributed by atoms with Gasteiger partial charge < -0.3 is 41.6 Å². The van der Waals surface area contributed by atoms with Crippen LogP contribution in [0.5, 0.6) is 0 Å². The van der Waals surface area contributed by atoms with Gasteiger partial charge in [0.15, 0.2) is 5.96 Å². The first-order chi connectivity index (χ1) is 15.1. The van der Waals surface area contributed by atoms with Crippen molar-refractivity contribution in [3.8, 4) is 0 Å². The zero-order valence-corrected chi connectivity index (χ0v) is 18.4. The number of unbranched alkanes of at least 4 members (excludes halogenated alkanes) is 4. The standard InChI is InChI=1S/C20H34N4O8/c1-3-4-5-6-7-8-15(27)31-10-13(26)17(28)18-16(23-11(2)25)12(24-20(21)22)9-14(32-18)19(29)30/h9,12-13,16-18,26,28H,3-8,10H2,1-2H3,(H,23,25)(H,29,30)(H4,21,22,24)/t12?,13?,16?,17?,18-/m1/s1. The number of aliphatic hydroxyl groups excluding tert-OH is 2. The van der Waals surface area contributed by atoms with Crippen molar-refractivity contribution in [3.63, 3.8) is 0 Å². The Hall–Kier alpha value is -2.86.